The van der Waals surface area contributed by atoms with E-state index in [1.165, 1.54) is 5.56 Å². The van der Waals surface area contributed by atoms with E-state index in [2.05, 4.69) is 36.5 Å². The van der Waals surface area contributed by atoms with E-state index in [9.17, 15) is 9.59 Å². The van der Waals surface area contributed by atoms with E-state index in [-0.39, 0.29) is 5.91 Å². The molecule has 2 aromatic carbocycles. The molecule has 0 heterocycles. The third-order valence-corrected chi connectivity index (χ3v) is 4.55. The molecule has 0 radical (unpaired) electrons. The summed E-state index contributed by atoms with van der Waals surface area (Å²) in [6.45, 7) is 6.40. The lowest BCUT2D eigenvalue weighted by atomic mass is 10.0. The van der Waals surface area contributed by atoms with Gasteiger partial charge in [0.05, 0.1) is 0 Å². The Morgan fingerprint density at radius 2 is 1.61 bits per heavy atom. The van der Waals surface area contributed by atoms with Crippen LogP contribution in [0.2, 0.25) is 0 Å². The quantitative estimate of drug-likeness (QED) is 0.381. The van der Waals surface area contributed by atoms with E-state index < -0.39 is 0 Å². The van der Waals surface area contributed by atoms with E-state index in [0.717, 1.165) is 29.4 Å². The maximum absolute atomic E-state index is 12.3. The fraction of sp³-hybridized carbons (Fsp3) is 0.200. The van der Waals surface area contributed by atoms with E-state index in [1.54, 1.807) is 12.2 Å². The van der Waals surface area contributed by atoms with Crippen molar-refractivity contribution in [2.75, 3.05) is 6.54 Å². The number of carbonyl (C=O) groups excluding carboxylic acids is 2. The Balaban J connectivity index is 1.92. The molecule has 0 aliphatic rings. The molecule has 0 saturated heterocycles. The zero-order chi connectivity index (χ0) is 20.4. The second-order valence-electron chi connectivity index (χ2n) is 6.49. The lowest BCUT2D eigenvalue weighted by molar-refractivity contribution is -0.104. The summed E-state index contributed by atoms with van der Waals surface area (Å²) < 4.78 is 0. The van der Waals surface area contributed by atoms with Crippen molar-refractivity contribution in [1.82, 2.24) is 5.32 Å². The monoisotopic (exact) mass is 373 g/mol. The number of aryl methyl sites for hydroxylation is 1. The van der Waals surface area contributed by atoms with Crippen molar-refractivity contribution < 1.29 is 9.59 Å². The Morgan fingerprint density at radius 3 is 2.14 bits per heavy atom. The number of aldehydes is 1. The standard InChI is InChI=1S/C25H27NO2/c1-4-20(5-2)24(18-27)8-6-7-17-26-25(28)23-15-13-22(14-16-23)21-11-9-19(3)10-12-21/h4,6-16,18H,5,17H2,1-3H3,(H,26,28)/b7-6+,20-4-,24-8-. The van der Waals surface area contributed by atoms with Crippen LogP contribution < -0.4 is 5.32 Å². The number of hydrogen-bond acceptors (Lipinski definition) is 2. The third kappa shape index (κ3) is 5.92. The van der Waals surface area contributed by atoms with Gasteiger partial charge >= 0.3 is 0 Å². The van der Waals surface area contributed by atoms with Gasteiger partial charge in [0.1, 0.15) is 6.29 Å². The SMILES string of the molecule is C\C=C(CC)/C(C=O)=C\C=C\CNC(=O)c1ccc(-c2ccc(C)cc2)cc1. The first-order valence-electron chi connectivity index (χ1n) is 9.52. The molecule has 0 unspecified atom stereocenters. The molecule has 1 amide bonds. The minimum atomic E-state index is -0.123. The first-order valence-corrected chi connectivity index (χ1v) is 9.52. The molecule has 0 fully saturated rings. The second-order valence-corrected chi connectivity index (χ2v) is 6.49. The van der Waals surface area contributed by atoms with Crippen LogP contribution >= 0.6 is 0 Å². The van der Waals surface area contributed by atoms with Gasteiger partial charge in [-0.05, 0) is 49.1 Å². The smallest absolute Gasteiger partial charge is 0.251 e. The largest absolute Gasteiger partial charge is 0.349 e. The highest BCUT2D eigenvalue weighted by Crippen LogP contribution is 2.20. The number of hydrogen-bond donors (Lipinski definition) is 1. The zero-order valence-corrected chi connectivity index (χ0v) is 16.7. The molecule has 1 N–H and O–H groups in total. The minimum Gasteiger partial charge on any atom is -0.349 e. The van der Waals surface area contributed by atoms with E-state index in [4.69, 9.17) is 0 Å². The Hall–Kier alpha value is -3.20. The molecule has 0 bridgehead atoms. The van der Waals surface area contributed by atoms with Crippen molar-refractivity contribution in [3.63, 3.8) is 0 Å². The highest BCUT2D eigenvalue weighted by Gasteiger charge is 2.05. The summed E-state index contributed by atoms with van der Waals surface area (Å²) in [7, 11) is 0. The van der Waals surface area contributed by atoms with Crippen LogP contribution in [0.1, 0.15) is 36.2 Å². The fourth-order valence-electron chi connectivity index (χ4n) is 2.85. The van der Waals surface area contributed by atoms with Crippen molar-refractivity contribution in [2.24, 2.45) is 0 Å². The van der Waals surface area contributed by atoms with Gasteiger partial charge in [0.15, 0.2) is 0 Å². The van der Waals surface area contributed by atoms with Crippen LogP contribution in [-0.4, -0.2) is 18.7 Å². The number of benzene rings is 2. The van der Waals surface area contributed by atoms with Gasteiger partial charge in [0.2, 0.25) is 0 Å². The molecule has 0 aliphatic carbocycles. The van der Waals surface area contributed by atoms with Gasteiger partial charge < -0.3 is 5.32 Å². The van der Waals surface area contributed by atoms with Crippen molar-refractivity contribution >= 4 is 12.2 Å². The van der Waals surface area contributed by atoms with E-state index >= 15 is 0 Å². The van der Waals surface area contributed by atoms with Crippen LogP contribution in [0.15, 0.2) is 84.0 Å². The molecule has 2 aromatic rings. The molecule has 0 atom stereocenters. The minimum absolute atomic E-state index is 0.123. The Labute approximate surface area is 167 Å². The van der Waals surface area contributed by atoms with E-state index in [0.29, 0.717) is 17.7 Å². The van der Waals surface area contributed by atoms with Crippen LogP contribution in [0, 0.1) is 6.92 Å². The average molecular weight is 373 g/mol. The summed E-state index contributed by atoms with van der Waals surface area (Å²) in [5.74, 6) is -0.123. The Bertz CT molecular complexity index is 885. The topological polar surface area (TPSA) is 46.2 Å². The number of rotatable bonds is 8. The van der Waals surface area contributed by atoms with Crippen LogP contribution in [0.5, 0.6) is 0 Å². The Kier molecular flexibility index (Phi) is 8.16. The molecule has 0 saturated carbocycles. The number of nitrogens with one attached hydrogen (secondary N) is 1. The molecule has 0 aliphatic heterocycles. The normalized spacial score (nSPS) is 12.2. The molecular formula is C25H27NO2. The predicted octanol–water partition coefficient (Wildman–Crippen LogP) is 5.43. The summed E-state index contributed by atoms with van der Waals surface area (Å²) in [6.07, 6.45) is 9.00. The lowest BCUT2D eigenvalue weighted by Crippen LogP contribution is -2.23. The molecule has 0 spiro atoms. The van der Waals surface area contributed by atoms with Crippen LogP contribution in [0.3, 0.4) is 0 Å². The zero-order valence-electron chi connectivity index (χ0n) is 16.7. The highest BCUT2D eigenvalue weighted by atomic mass is 16.1. The molecular weight excluding hydrogens is 346 g/mol. The lowest BCUT2D eigenvalue weighted by Gasteiger charge is -2.05. The molecule has 28 heavy (non-hydrogen) atoms. The van der Waals surface area contributed by atoms with Gasteiger partial charge in [0.25, 0.3) is 5.91 Å². The number of allylic oxidation sites excluding steroid dienone is 5. The van der Waals surface area contributed by atoms with Crippen LogP contribution in [0.25, 0.3) is 11.1 Å². The summed E-state index contributed by atoms with van der Waals surface area (Å²) in [5.41, 5.74) is 5.73. The van der Waals surface area contributed by atoms with E-state index in [1.807, 2.05) is 50.3 Å². The van der Waals surface area contributed by atoms with Gasteiger partial charge in [-0.3, -0.25) is 9.59 Å². The Morgan fingerprint density at radius 1 is 1.00 bits per heavy atom. The summed E-state index contributed by atoms with van der Waals surface area (Å²) in [4.78, 5) is 23.4. The number of carbonyl (C=O) groups is 2. The van der Waals surface area contributed by atoms with Gasteiger partial charge in [-0.1, -0.05) is 73.2 Å². The number of amides is 1. The van der Waals surface area contributed by atoms with Crippen molar-refractivity contribution in [1.29, 1.82) is 0 Å². The van der Waals surface area contributed by atoms with Gasteiger partial charge in [-0.2, -0.15) is 0 Å². The first-order chi connectivity index (χ1) is 13.6. The van der Waals surface area contributed by atoms with Crippen molar-refractivity contribution in [2.45, 2.75) is 27.2 Å². The van der Waals surface area contributed by atoms with Gasteiger partial charge in [-0.15, -0.1) is 0 Å². The molecule has 0 aromatic heterocycles. The average Bonchev–Trinajstić information content (AvgIpc) is 2.73. The van der Waals surface area contributed by atoms with Crippen LogP contribution in [0.4, 0.5) is 0 Å². The molecule has 3 nitrogen and oxygen atoms in total. The highest BCUT2D eigenvalue weighted by molar-refractivity contribution is 5.94. The molecule has 144 valence electrons. The predicted molar refractivity (Wildman–Crippen MR) is 116 cm³/mol. The first kappa shape index (κ1) is 21.1. The summed E-state index contributed by atoms with van der Waals surface area (Å²) in [5, 5.41) is 2.86. The van der Waals surface area contributed by atoms with Gasteiger partial charge in [0, 0.05) is 17.7 Å². The van der Waals surface area contributed by atoms with Gasteiger partial charge in [-0.25, -0.2) is 0 Å². The summed E-state index contributed by atoms with van der Waals surface area (Å²) >= 11 is 0. The van der Waals surface area contributed by atoms with Crippen molar-refractivity contribution in [3.05, 3.63) is 95.1 Å². The maximum atomic E-state index is 12.3. The maximum Gasteiger partial charge on any atom is 0.251 e. The fourth-order valence-corrected chi connectivity index (χ4v) is 2.85. The molecule has 3 heteroatoms. The third-order valence-electron chi connectivity index (χ3n) is 4.55. The molecule has 2 rings (SSSR count). The van der Waals surface area contributed by atoms with Crippen LogP contribution in [-0.2, 0) is 4.79 Å². The second kappa shape index (κ2) is 10.8. The summed E-state index contributed by atoms with van der Waals surface area (Å²) in [6, 6.07) is 15.9. The van der Waals surface area contributed by atoms with Crippen molar-refractivity contribution in [3.8, 4) is 11.1 Å².